The highest BCUT2D eigenvalue weighted by Gasteiger charge is 2.42. The lowest BCUT2D eigenvalue weighted by Crippen LogP contribution is -2.30. The van der Waals surface area contributed by atoms with Crippen molar-refractivity contribution >= 4 is 44.8 Å². The number of nitrogen functional groups attached to an aromatic ring is 1. The Kier molecular flexibility index (Phi) is 6.24. The van der Waals surface area contributed by atoms with Crippen molar-refractivity contribution < 1.29 is 9.53 Å². The average Bonchev–Trinajstić information content (AvgIpc) is 3.61. The zero-order valence-corrected chi connectivity index (χ0v) is 21.4. The molecule has 10 heteroatoms. The lowest BCUT2D eigenvalue weighted by atomic mass is 10.0. The number of benzene rings is 2. The summed E-state index contributed by atoms with van der Waals surface area (Å²) >= 11 is 1.42. The molecule has 0 spiro atoms. The third-order valence-corrected chi connectivity index (χ3v) is 8.21. The van der Waals surface area contributed by atoms with Crippen LogP contribution in [-0.4, -0.2) is 50.6 Å². The van der Waals surface area contributed by atoms with Crippen LogP contribution in [0.5, 0.6) is 10.9 Å². The van der Waals surface area contributed by atoms with Crippen molar-refractivity contribution in [2.45, 2.75) is 18.9 Å². The highest BCUT2D eigenvalue weighted by Crippen LogP contribution is 2.40. The summed E-state index contributed by atoms with van der Waals surface area (Å²) in [6.45, 7) is 5.12. The van der Waals surface area contributed by atoms with Crippen LogP contribution < -0.4 is 15.8 Å². The Hall–Kier alpha value is -4.31. The molecule has 1 aliphatic heterocycles. The number of nitrogens with one attached hydrogen (secondary N) is 2. The number of fused-ring (bicyclic) bond motifs is 2. The molecule has 4 N–H and O–H groups in total. The molecule has 2 atom stereocenters. The molecule has 0 bridgehead atoms. The Labute approximate surface area is 223 Å². The van der Waals surface area contributed by atoms with Crippen LogP contribution in [0.2, 0.25) is 0 Å². The summed E-state index contributed by atoms with van der Waals surface area (Å²) < 4.78 is 6.80. The van der Waals surface area contributed by atoms with Gasteiger partial charge in [0.25, 0.3) is 5.19 Å². The Morgan fingerprint density at radius 2 is 1.92 bits per heavy atom. The smallest absolute Gasteiger partial charge is 0.279 e. The topological polar surface area (TPSA) is 130 Å². The van der Waals surface area contributed by atoms with Gasteiger partial charge in [-0.25, -0.2) is 15.0 Å². The number of carbonyl (C=O) groups excluding carboxylic acids is 1. The molecule has 6 rings (SSSR count). The van der Waals surface area contributed by atoms with E-state index in [1.165, 1.54) is 23.7 Å². The molecule has 1 saturated heterocycles. The fourth-order valence-corrected chi connectivity index (χ4v) is 6.39. The minimum Gasteiger partial charge on any atom is -0.431 e. The van der Waals surface area contributed by atoms with Gasteiger partial charge in [0, 0.05) is 24.7 Å². The SMILES string of the molecule is C=CC(=O)N1CC2CC(Nc3ncnc(N)c3C(=N)c3ccc4nc(Oc5ccccc5)sc4c3)CC2C1. The summed E-state index contributed by atoms with van der Waals surface area (Å²) in [4.78, 5) is 27.1. The first-order chi connectivity index (χ1) is 18.5. The van der Waals surface area contributed by atoms with E-state index in [-0.39, 0.29) is 23.5 Å². The van der Waals surface area contributed by atoms with Crippen LogP contribution in [0.25, 0.3) is 10.2 Å². The predicted molar refractivity (Wildman–Crippen MR) is 149 cm³/mol. The Morgan fingerprint density at radius 1 is 1.16 bits per heavy atom. The Balaban J connectivity index is 1.20. The molecule has 3 heterocycles. The molecule has 2 unspecified atom stereocenters. The average molecular weight is 526 g/mol. The van der Waals surface area contributed by atoms with E-state index in [2.05, 4.69) is 26.8 Å². The molecule has 2 fully saturated rings. The summed E-state index contributed by atoms with van der Waals surface area (Å²) in [5, 5.41) is 13.1. The van der Waals surface area contributed by atoms with Crippen molar-refractivity contribution in [1.82, 2.24) is 19.9 Å². The van der Waals surface area contributed by atoms with Gasteiger partial charge in [0.15, 0.2) is 0 Å². The number of hydrogen-bond donors (Lipinski definition) is 3. The van der Waals surface area contributed by atoms with Gasteiger partial charge in [-0.15, -0.1) is 0 Å². The summed E-state index contributed by atoms with van der Waals surface area (Å²) in [6, 6.07) is 15.4. The molecule has 2 aromatic heterocycles. The maximum atomic E-state index is 12.0. The Bertz CT molecular complexity index is 1520. The third kappa shape index (κ3) is 4.58. The van der Waals surface area contributed by atoms with Crippen LogP contribution >= 0.6 is 11.3 Å². The number of likely N-dealkylation sites (tertiary alicyclic amines) is 1. The van der Waals surface area contributed by atoms with Gasteiger partial charge in [-0.1, -0.05) is 42.2 Å². The molecule has 2 aliphatic rings. The number of anilines is 2. The molecular weight excluding hydrogens is 498 g/mol. The molecule has 0 radical (unpaired) electrons. The van der Waals surface area contributed by atoms with Gasteiger partial charge in [0.1, 0.15) is 23.7 Å². The van der Waals surface area contributed by atoms with Crippen molar-refractivity contribution in [2.75, 3.05) is 24.1 Å². The van der Waals surface area contributed by atoms with Crippen molar-refractivity contribution in [3.63, 3.8) is 0 Å². The zero-order valence-electron chi connectivity index (χ0n) is 20.6. The standard InChI is InChI=1S/C28H27N7O2S/c1-2-23(36)35-13-17-10-19(11-18(17)14-35)33-27-24(26(30)31-15-32-27)25(29)16-8-9-21-22(12-16)38-28(34-21)37-20-6-4-3-5-7-20/h2-9,12,15,17-19,29H,1,10-11,13-14H2,(H3,30,31,32,33). The molecule has 2 aromatic carbocycles. The summed E-state index contributed by atoms with van der Waals surface area (Å²) in [7, 11) is 0. The number of hydrogen-bond acceptors (Lipinski definition) is 9. The van der Waals surface area contributed by atoms with E-state index in [0.717, 1.165) is 41.9 Å². The maximum absolute atomic E-state index is 12.0. The highest BCUT2D eigenvalue weighted by molar-refractivity contribution is 7.20. The first kappa shape index (κ1) is 24.1. The van der Waals surface area contributed by atoms with Gasteiger partial charge in [-0.05, 0) is 55.0 Å². The lowest BCUT2D eigenvalue weighted by Gasteiger charge is -2.20. The summed E-state index contributed by atoms with van der Waals surface area (Å²) in [5.74, 6) is 2.43. The number of thiazole rings is 1. The van der Waals surface area contributed by atoms with Crippen molar-refractivity contribution in [1.29, 1.82) is 5.41 Å². The van der Waals surface area contributed by atoms with Crippen LogP contribution in [0.15, 0.2) is 67.5 Å². The second-order valence-electron chi connectivity index (χ2n) is 9.72. The fraction of sp³-hybridized carbons (Fsp3) is 0.250. The zero-order chi connectivity index (χ0) is 26.2. The number of nitrogens with two attached hydrogens (primary N) is 1. The lowest BCUT2D eigenvalue weighted by molar-refractivity contribution is -0.125. The second-order valence-corrected chi connectivity index (χ2v) is 10.7. The van der Waals surface area contributed by atoms with Gasteiger partial charge in [-0.3, -0.25) is 10.2 Å². The van der Waals surface area contributed by atoms with E-state index in [0.29, 0.717) is 34.0 Å². The first-order valence-electron chi connectivity index (χ1n) is 12.5. The van der Waals surface area contributed by atoms with Crippen LogP contribution in [0.1, 0.15) is 24.0 Å². The minimum absolute atomic E-state index is 0.000115. The van der Waals surface area contributed by atoms with Crippen molar-refractivity contribution in [2.24, 2.45) is 11.8 Å². The number of carbonyl (C=O) groups is 1. The van der Waals surface area contributed by atoms with Crippen LogP contribution in [-0.2, 0) is 4.79 Å². The molecular formula is C28H27N7O2S. The van der Waals surface area contributed by atoms with Gasteiger partial charge >= 0.3 is 0 Å². The highest BCUT2D eigenvalue weighted by atomic mass is 32.1. The first-order valence-corrected chi connectivity index (χ1v) is 13.3. The van der Waals surface area contributed by atoms with Gasteiger partial charge in [0.05, 0.1) is 21.5 Å². The van der Waals surface area contributed by atoms with Crippen LogP contribution in [0, 0.1) is 17.2 Å². The van der Waals surface area contributed by atoms with Gasteiger partial charge in [-0.2, -0.15) is 0 Å². The fourth-order valence-electron chi connectivity index (χ4n) is 5.51. The summed E-state index contributed by atoms with van der Waals surface area (Å²) in [5.41, 5.74) is 8.50. The van der Waals surface area contributed by atoms with Crippen molar-refractivity contribution in [3.05, 3.63) is 78.6 Å². The number of amides is 1. The van der Waals surface area contributed by atoms with E-state index in [9.17, 15) is 4.79 Å². The molecule has 1 aliphatic carbocycles. The molecule has 38 heavy (non-hydrogen) atoms. The maximum Gasteiger partial charge on any atom is 0.279 e. The normalized spacial score (nSPS) is 20.3. The number of ether oxygens (including phenoxy) is 1. The van der Waals surface area contributed by atoms with Crippen LogP contribution in [0.3, 0.4) is 0 Å². The quantitative estimate of drug-likeness (QED) is 0.235. The number of aromatic nitrogens is 3. The minimum atomic E-state index is -0.000115. The third-order valence-electron chi connectivity index (χ3n) is 7.31. The van der Waals surface area contributed by atoms with E-state index < -0.39 is 0 Å². The van der Waals surface area contributed by atoms with Crippen LogP contribution in [0.4, 0.5) is 11.6 Å². The largest absolute Gasteiger partial charge is 0.431 e. The molecule has 4 aromatic rings. The van der Waals surface area contributed by atoms with E-state index in [1.807, 2.05) is 53.4 Å². The predicted octanol–water partition coefficient (Wildman–Crippen LogP) is 4.71. The van der Waals surface area contributed by atoms with E-state index in [1.54, 1.807) is 0 Å². The Morgan fingerprint density at radius 3 is 2.66 bits per heavy atom. The number of rotatable bonds is 7. The summed E-state index contributed by atoms with van der Waals surface area (Å²) in [6.07, 6.45) is 4.67. The molecule has 1 saturated carbocycles. The molecule has 192 valence electrons. The van der Waals surface area contributed by atoms with Gasteiger partial charge in [0.2, 0.25) is 5.91 Å². The number of para-hydroxylation sites is 1. The molecule has 1 amide bonds. The van der Waals surface area contributed by atoms with Gasteiger partial charge < -0.3 is 20.7 Å². The monoisotopic (exact) mass is 525 g/mol. The van der Waals surface area contributed by atoms with E-state index in [4.69, 9.17) is 15.9 Å². The second kappa shape index (κ2) is 9.86. The van der Waals surface area contributed by atoms with Crippen molar-refractivity contribution in [3.8, 4) is 10.9 Å². The molecule has 9 nitrogen and oxygen atoms in total. The van der Waals surface area contributed by atoms with E-state index >= 15 is 0 Å². The number of nitrogens with zero attached hydrogens (tertiary/aromatic N) is 4.